The maximum Gasteiger partial charge on any atom is 0.416 e. The fourth-order valence-electron chi connectivity index (χ4n) is 2.32. The van der Waals surface area contributed by atoms with Crippen molar-refractivity contribution in [3.05, 3.63) is 52.2 Å². The zero-order chi connectivity index (χ0) is 19.8. The number of hydrogen-bond donors (Lipinski definition) is 1. The minimum atomic E-state index is -4.90. The maximum absolute atomic E-state index is 12.9. The fourth-order valence-corrected chi connectivity index (χ4v) is 4.01. The number of imidazole rings is 1. The molecule has 1 N–H and O–H groups in total. The Hall–Kier alpha value is -2.21. The van der Waals surface area contributed by atoms with Crippen LogP contribution in [0.2, 0.25) is 0 Å². The van der Waals surface area contributed by atoms with Crippen LogP contribution in [-0.4, -0.2) is 20.8 Å². The zero-order valence-corrected chi connectivity index (χ0v) is 14.7. The van der Waals surface area contributed by atoms with Gasteiger partial charge in [0.2, 0.25) is 0 Å². The van der Waals surface area contributed by atoms with Gasteiger partial charge in [-0.1, -0.05) is 16.9 Å². The highest BCUT2D eigenvalue weighted by Gasteiger charge is 2.36. The van der Waals surface area contributed by atoms with Crippen molar-refractivity contribution in [2.45, 2.75) is 23.1 Å². The third kappa shape index (κ3) is 4.21. The normalized spacial score (nSPS) is 13.1. The van der Waals surface area contributed by atoms with Crippen LogP contribution >= 0.6 is 23.1 Å². The van der Waals surface area contributed by atoms with Gasteiger partial charge in [-0.15, -0.1) is 11.3 Å². The lowest BCUT2D eigenvalue weighted by Gasteiger charge is -2.14. The second-order valence-corrected chi connectivity index (χ2v) is 7.14. The van der Waals surface area contributed by atoms with Gasteiger partial charge in [-0.2, -0.15) is 26.3 Å². The minimum absolute atomic E-state index is 0.0879. The van der Waals surface area contributed by atoms with E-state index in [1.807, 2.05) is 0 Å². The average molecular weight is 425 g/mol. The summed E-state index contributed by atoms with van der Waals surface area (Å²) in [5, 5.41) is 13.7. The SMILES string of the molecule is ON=Cc1c(SCc2cc(C(F)(F)F)cc(C(F)(F)F)c2)nc2sccn12. The number of aromatic nitrogens is 2. The van der Waals surface area contributed by atoms with Crippen molar-refractivity contribution in [2.24, 2.45) is 5.16 Å². The van der Waals surface area contributed by atoms with E-state index in [0.29, 0.717) is 27.8 Å². The Bertz CT molecular complexity index is 957. The van der Waals surface area contributed by atoms with Crippen LogP contribution in [0.25, 0.3) is 4.96 Å². The van der Waals surface area contributed by atoms with Crippen molar-refractivity contribution in [2.75, 3.05) is 0 Å². The van der Waals surface area contributed by atoms with E-state index in [2.05, 4.69) is 10.1 Å². The lowest BCUT2D eigenvalue weighted by Crippen LogP contribution is -2.11. The van der Waals surface area contributed by atoms with Gasteiger partial charge in [-0.25, -0.2) is 4.98 Å². The van der Waals surface area contributed by atoms with Crippen LogP contribution in [-0.2, 0) is 18.1 Å². The highest BCUT2D eigenvalue weighted by molar-refractivity contribution is 7.98. The van der Waals surface area contributed by atoms with E-state index >= 15 is 0 Å². The summed E-state index contributed by atoms with van der Waals surface area (Å²) in [4.78, 5) is 4.79. The molecule has 0 saturated heterocycles. The van der Waals surface area contributed by atoms with Crippen LogP contribution in [0.3, 0.4) is 0 Å². The Morgan fingerprint density at radius 3 is 2.30 bits per heavy atom. The number of alkyl halides is 6. The van der Waals surface area contributed by atoms with Crippen LogP contribution in [0.15, 0.2) is 40.0 Å². The molecular formula is C15H9F6N3OS2. The number of thioether (sulfide) groups is 1. The summed E-state index contributed by atoms with van der Waals surface area (Å²) in [7, 11) is 0. The second kappa shape index (κ2) is 7.08. The summed E-state index contributed by atoms with van der Waals surface area (Å²) in [6, 6.07) is 1.45. The van der Waals surface area contributed by atoms with E-state index in [1.165, 1.54) is 11.3 Å². The highest BCUT2D eigenvalue weighted by atomic mass is 32.2. The molecule has 0 saturated carbocycles. The smallest absolute Gasteiger partial charge is 0.411 e. The molecule has 3 aromatic rings. The standard InChI is InChI=1S/C15H9F6N3OS2/c16-14(17,18)9-3-8(4-10(5-9)15(19,20)21)7-27-12-11(6-22-25)24-1-2-26-13(24)23-12/h1-6,25H,7H2. The Kier molecular flexibility index (Phi) is 5.12. The van der Waals surface area contributed by atoms with Gasteiger partial charge in [-0.05, 0) is 23.8 Å². The molecule has 27 heavy (non-hydrogen) atoms. The highest BCUT2D eigenvalue weighted by Crippen LogP contribution is 2.37. The topological polar surface area (TPSA) is 49.9 Å². The maximum atomic E-state index is 12.9. The summed E-state index contributed by atoms with van der Waals surface area (Å²) < 4.78 is 79.2. The number of halogens is 6. The van der Waals surface area contributed by atoms with Crippen LogP contribution in [0.1, 0.15) is 22.4 Å². The largest absolute Gasteiger partial charge is 0.416 e. The van der Waals surface area contributed by atoms with Crippen LogP contribution in [0.5, 0.6) is 0 Å². The van der Waals surface area contributed by atoms with Crippen molar-refractivity contribution in [1.82, 2.24) is 9.38 Å². The van der Waals surface area contributed by atoms with Crippen LogP contribution in [0, 0.1) is 0 Å². The van der Waals surface area contributed by atoms with E-state index in [4.69, 9.17) is 5.21 Å². The van der Waals surface area contributed by atoms with Gasteiger partial charge in [0.25, 0.3) is 0 Å². The third-order valence-corrected chi connectivity index (χ3v) is 5.28. The number of thiazole rings is 1. The molecule has 2 heterocycles. The molecule has 0 radical (unpaired) electrons. The Morgan fingerprint density at radius 1 is 1.11 bits per heavy atom. The van der Waals surface area contributed by atoms with Crippen molar-refractivity contribution < 1.29 is 31.5 Å². The van der Waals surface area contributed by atoms with Gasteiger partial charge in [0.05, 0.1) is 17.3 Å². The first-order chi connectivity index (χ1) is 12.6. The van der Waals surface area contributed by atoms with Gasteiger partial charge in [0, 0.05) is 17.3 Å². The molecule has 12 heteroatoms. The number of nitrogens with zero attached hydrogens (tertiary/aromatic N) is 3. The lowest BCUT2D eigenvalue weighted by atomic mass is 10.1. The van der Waals surface area contributed by atoms with Crippen LogP contribution in [0.4, 0.5) is 26.3 Å². The predicted octanol–water partition coefficient (Wildman–Crippen LogP) is 5.53. The molecule has 0 unspecified atom stereocenters. The lowest BCUT2D eigenvalue weighted by molar-refractivity contribution is -0.143. The number of oxime groups is 1. The first-order valence-corrected chi connectivity index (χ1v) is 9.00. The van der Waals surface area contributed by atoms with E-state index in [-0.39, 0.29) is 17.4 Å². The molecule has 4 nitrogen and oxygen atoms in total. The molecule has 0 bridgehead atoms. The molecule has 0 aliphatic heterocycles. The zero-order valence-electron chi connectivity index (χ0n) is 13.0. The van der Waals surface area contributed by atoms with E-state index < -0.39 is 23.5 Å². The summed E-state index contributed by atoms with van der Waals surface area (Å²) in [6.45, 7) is 0. The van der Waals surface area contributed by atoms with Gasteiger partial charge >= 0.3 is 12.4 Å². The molecule has 3 rings (SSSR count). The van der Waals surface area contributed by atoms with E-state index in [0.717, 1.165) is 18.0 Å². The summed E-state index contributed by atoms with van der Waals surface area (Å²) in [6.07, 6.45) is -7.04. The molecule has 0 spiro atoms. The molecule has 0 fully saturated rings. The molecule has 1 aromatic carbocycles. The molecule has 0 atom stereocenters. The van der Waals surface area contributed by atoms with Gasteiger partial charge in [-0.3, -0.25) is 4.40 Å². The number of rotatable bonds is 4. The molecule has 2 aromatic heterocycles. The Labute approximate surface area is 156 Å². The second-order valence-electron chi connectivity index (χ2n) is 5.31. The van der Waals surface area contributed by atoms with Gasteiger partial charge in [0.15, 0.2) is 4.96 Å². The number of hydrogen-bond acceptors (Lipinski definition) is 5. The minimum Gasteiger partial charge on any atom is -0.411 e. The van der Waals surface area contributed by atoms with Gasteiger partial charge in [0.1, 0.15) is 10.7 Å². The predicted molar refractivity (Wildman–Crippen MR) is 88.5 cm³/mol. The Morgan fingerprint density at radius 2 is 1.74 bits per heavy atom. The Balaban J connectivity index is 1.94. The first kappa shape index (κ1) is 19.5. The van der Waals surface area contributed by atoms with E-state index in [1.54, 1.807) is 16.0 Å². The quantitative estimate of drug-likeness (QED) is 0.197. The monoisotopic (exact) mass is 425 g/mol. The number of benzene rings is 1. The van der Waals surface area contributed by atoms with Crippen molar-refractivity contribution in [3.63, 3.8) is 0 Å². The summed E-state index contributed by atoms with van der Waals surface area (Å²) in [5.41, 5.74) is -2.50. The summed E-state index contributed by atoms with van der Waals surface area (Å²) >= 11 is 2.23. The van der Waals surface area contributed by atoms with E-state index in [9.17, 15) is 26.3 Å². The molecular weight excluding hydrogens is 416 g/mol. The molecule has 0 aliphatic carbocycles. The third-order valence-electron chi connectivity index (χ3n) is 3.47. The van der Waals surface area contributed by atoms with Crippen molar-refractivity contribution >= 4 is 34.3 Å². The number of fused-ring (bicyclic) bond motifs is 1. The average Bonchev–Trinajstić information content (AvgIpc) is 3.14. The first-order valence-electron chi connectivity index (χ1n) is 7.13. The fraction of sp³-hybridized carbons (Fsp3) is 0.200. The van der Waals surface area contributed by atoms with Gasteiger partial charge < -0.3 is 5.21 Å². The summed E-state index contributed by atoms with van der Waals surface area (Å²) in [5.74, 6) is -0.176. The van der Waals surface area contributed by atoms with Crippen LogP contribution < -0.4 is 0 Å². The van der Waals surface area contributed by atoms with Crippen molar-refractivity contribution in [1.29, 1.82) is 0 Å². The molecule has 0 amide bonds. The molecule has 144 valence electrons. The molecule has 0 aliphatic rings. The van der Waals surface area contributed by atoms with Crippen molar-refractivity contribution in [3.8, 4) is 0 Å².